The SMILES string of the molecule is CC1(C)O[C@@H]2[C@H](O1)[C@H](n1cnc3c(=O)[nH]c(N)nc31)O[C@@H]2CO. The number of aliphatic hydroxyl groups excluding tert-OH is 1. The molecule has 10 heteroatoms. The van der Waals surface area contributed by atoms with Crippen LogP contribution in [0, 0.1) is 0 Å². The molecule has 10 nitrogen and oxygen atoms in total. The van der Waals surface area contributed by atoms with Crippen molar-refractivity contribution in [1.82, 2.24) is 19.5 Å². The standard InChI is InChI=1S/C13H17N5O5/c1-13(2)22-7-5(3-19)21-11(8(7)23-13)18-4-15-6-9(18)16-12(14)17-10(6)20/h4-5,7-8,11,19H,3H2,1-2H3,(H3,14,16,17,20)/t5-,7+,8+,11-/m1/s1. The Morgan fingerprint density at radius 2 is 2.17 bits per heavy atom. The van der Waals surface area contributed by atoms with Crippen LogP contribution >= 0.6 is 0 Å². The molecule has 4 atom stereocenters. The Balaban J connectivity index is 1.80. The molecule has 0 aromatic carbocycles. The van der Waals surface area contributed by atoms with E-state index in [0.717, 1.165) is 0 Å². The van der Waals surface area contributed by atoms with Crippen LogP contribution in [-0.4, -0.2) is 55.3 Å². The number of hydrogen-bond acceptors (Lipinski definition) is 8. The fourth-order valence-corrected chi connectivity index (χ4v) is 3.16. The number of aliphatic hydroxyl groups is 1. The lowest BCUT2D eigenvalue weighted by Crippen LogP contribution is -2.31. The Kier molecular flexibility index (Phi) is 3.00. The molecule has 4 heterocycles. The van der Waals surface area contributed by atoms with E-state index < -0.39 is 35.9 Å². The van der Waals surface area contributed by atoms with Crippen molar-refractivity contribution >= 4 is 17.1 Å². The first-order valence-electron chi connectivity index (χ1n) is 7.24. The van der Waals surface area contributed by atoms with Crippen molar-refractivity contribution in [3.63, 3.8) is 0 Å². The lowest BCUT2D eigenvalue weighted by Gasteiger charge is -2.24. The third-order valence-electron chi connectivity index (χ3n) is 4.03. The topological polar surface area (TPSA) is 138 Å². The van der Waals surface area contributed by atoms with Gasteiger partial charge in [-0.3, -0.25) is 14.3 Å². The van der Waals surface area contributed by atoms with Gasteiger partial charge in [-0.15, -0.1) is 0 Å². The predicted molar refractivity (Wildman–Crippen MR) is 77.4 cm³/mol. The molecule has 124 valence electrons. The van der Waals surface area contributed by atoms with E-state index in [0.29, 0.717) is 5.65 Å². The van der Waals surface area contributed by atoms with Crippen molar-refractivity contribution in [1.29, 1.82) is 0 Å². The molecule has 0 unspecified atom stereocenters. The summed E-state index contributed by atoms with van der Waals surface area (Å²) in [5, 5.41) is 9.52. The van der Waals surface area contributed by atoms with Crippen LogP contribution in [0.4, 0.5) is 5.95 Å². The number of aromatic amines is 1. The number of aromatic nitrogens is 4. The van der Waals surface area contributed by atoms with E-state index in [1.54, 1.807) is 18.4 Å². The number of H-pyrrole nitrogens is 1. The summed E-state index contributed by atoms with van der Waals surface area (Å²) in [4.78, 5) is 22.5. The van der Waals surface area contributed by atoms with E-state index >= 15 is 0 Å². The molecule has 0 bridgehead atoms. The van der Waals surface area contributed by atoms with Gasteiger partial charge in [0, 0.05) is 0 Å². The first-order chi connectivity index (χ1) is 10.9. The molecule has 0 saturated carbocycles. The second kappa shape index (κ2) is 4.74. The van der Waals surface area contributed by atoms with Crippen LogP contribution in [0.3, 0.4) is 0 Å². The van der Waals surface area contributed by atoms with Crippen LogP contribution in [0.1, 0.15) is 20.1 Å². The zero-order chi connectivity index (χ0) is 16.4. The van der Waals surface area contributed by atoms with Gasteiger partial charge in [0.05, 0.1) is 12.9 Å². The smallest absolute Gasteiger partial charge is 0.280 e. The van der Waals surface area contributed by atoms with Crippen LogP contribution < -0.4 is 11.3 Å². The number of nitrogen functional groups attached to an aromatic ring is 1. The number of ether oxygens (including phenoxy) is 3. The molecule has 2 aromatic rings. The van der Waals surface area contributed by atoms with Gasteiger partial charge in [0.25, 0.3) is 5.56 Å². The van der Waals surface area contributed by atoms with Crippen molar-refractivity contribution in [3.05, 3.63) is 16.7 Å². The molecule has 0 spiro atoms. The molecule has 2 saturated heterocycles. The van der Waals surface area contributed by atoms with Gasteiger partial charge in [0.1, 0.15) is 18.3 Å². The van der Waals surface area contributed by atoms with E-state index in [4.69, 9.17) is 19.9 Å². The van der Waals surface area contributed by atoms with Crippen molar-refractivity contribution in [2.45, 2.75) is 44.2 Å². The number of anilines is 1. The molecule has 0 aliphatic carbocycles. The summed E-state index contributed by atoms with van der Waals surface area (Å²) in [6.45, 7) is 3.38. The Labute approximate surface area is 130 Å². The van der Waals surface area contributed by atoms with Gasteiger partial charge in [-0.1, -0.05) is 0 Å². The van der Waals surface area contributed by atoms with E-state index in [1.807, 2.05) is 0 Å². The van der Waals surface area contributed by atoms with Crippen molar-refractivity contribution in [2.24, 2.45) is 0 Å². The lowest BCUT2D eigenvalue weighted by molar-refractivity contribution is -0.199. The number of imidazole rings is 1. The molecule has 2 fully saturated rings. The van der Waals surface area contributed by atoms with Crippen LogP contribution in [-0.2, 0) is 14.2 Å². The highest BCUT2D eigenvalue weighted by molar-refractivity contribution is 5.70. The van der Waals surface area contributed by atoms with Gasteiger partial charge in [0.2, 0.25) is 5.95 Å². The summed E-state index contributed by atoms with van der Waals surface area (Å²) >= 11 is 0. The number of nitrogens with zero attached hydrogens (tertiary/aromatic N) is 3. The molecule has 2 aliphatic heterocycles. The highest BCUT2D eigenvalue weighted by atomic mass is 16.8. The maximum Gasteiger partial charge on any atom is 0.280 e. The molecular weight excluding hydrogens is 306 g/mol. The first kappa shape index (κ1) is 14.6. The second-order valence-electron chi connectivity index (χ2n) is 6.09. The Morgan fingerprint density at radius 1 is 1.43 bits per heavy atom. The Morgan fingerprint density at radius 3 is 2.91 bits per heavy atom. The van der Waals surface area contributed by atoms with E-state index in [2.05, 4.69) is 15.0 Å². The van der Waals surface area contributed by atoms with E-state index in [1.165, 1.54) is 6.33 Å². The molecule has 0 amide bonds. The summed E-state index contributed by atoms with van der Waals surface area (Å²) in [5.74, 6) is -0.799. The highest BCUT2D eigenvalue weighted by Gasteiger charge is 2.55. The van der Waals surface area contributed by atoms with Crippen LogP contribution in [0.5, 0.6) is 0 Å². The van der Waals surface area contributed by atoms with Crippen LogP contribution in [0.15, 0.2) is 11.1 Å². The third-order valence-corrected chi connectivity index (χ3v) is 4.03. The average molecular weight is 323 g/mol. The largest absolute Gasteiger partial charge is 0.394 e. The van der Waals surface area contributed by atoms with Gasteiger partial charge in [-0.2, -0.15) is 4.98 Å². The van der Waals surface area contributed by atoms with E-state index in [9.17, 15) is 9.90 Å². The molecule has 2 aromatic heterocycles. The van der Waals surface area contributed by atoms with Crippen molar-refractivity contribution in [2.75, 3.05) is 12.3 Å². The number of fused-ring (bicyclic) bond motifs is 2. The number of nitrogens with one attached hydrogen (secondary N) is 1. The van der Waals surface area contributed by atoms with Gasteiger partial charge in [-0.25, -0.2) is 4.98 Å². The average Bonchev–Trinajstić information content (AvgIpc) is 3.09. The summed E-state index contributed by atoms with van der Waals surface area (Å²) < 4.78 is 19.1. The minimum Gasteiger partial charge on any atom is -0.394 e. The lowest BCUT2D eigenvalue weighted by atomic mass is 10.1. The maximum absolute atomic E-state index is 11.9. The minimum absolute atomic E-state index is 0.0126. The normalized spacial score (nSPS) is 32.5. The zero-order valence-corrected chi connectivity index (χ0v) is 12.6. The van der Waals surface area contributed by atoms with E-state index in [-0.39, 0.29) is 18.1 Å². The third kappa shape index (κ3) is 2.14. The molecular formula is C13H17N5O5. The summed E-state index contributed by atoms with van der Waals surface area (Å²) in [6.07, 6.45) is -0.595. The summed E-state index contributed by atoms with van der Waals surface area (Å²) in [7, 11) is 0. The molecule has 2 aliphatic rings. The molecule has 23 heavy (non-hydrogen) atoms. The monoisotopic (exact) mass is 323 g/mol. The quantitative estimate of drug-likeness (QED) is 0.647. The van der Waals surface area contributed by atoms with Crippen LogP contribution in [0.25, 0.3) is 11.2 Å². The zero-order valence-electron chi connectivity index (χ0n) is 12.6. The van der Waals surface area contributed by atoms with Crippen molar-refractivity contribution in [3.8, 4) is 0 Å². The van der Waals surface area contributed by atoms with Gasteiger partial charge in [0.15, 0.2) is 23.2 Å². The van der Waals surface area contributed by atoms with Crippen LogP contribution in [0.2, 0.25) is 0 Å². The highest BCUT2D eigenvalue weighted by Crippen LogP contribution is 2.43. The van der Waals surface area contributed by atoms with Gasteiger partial charge in [-0.05, 0) is 13.8 Å². The maximum atomic E-state index is 11.9. The summed E-state index contributed by atoms with van der Waals surface area (Å²) in [6, 6.07) is 0. The predicted octanol–water partition coefficient (Wildman–Crippen LogP) is -0.888. The molecule has 4 rings (SSSR count). The fraction of sp³-hybridized carbons (Fsp3) is 0.615. The molecule has 0 radical (unpaired) electrons. The fourth-order valence-electron chi connectivity index (χ4n) is 3.16. The number of nitrogens with two attached hydrogens (primary N) is 1. The first-order valence-corrected chi connectivity index (χ1v) is 7.24. The number of hydrogen-bond donors (Lipinski definition) is 3. The Hall–Kier alpha value is -2.01. The Bertz CT molecular complexity index is 815. The number of rotatable bonds is 2. The van der Waals surface area contributed by atoms with Gasteiger partial charge < -0.3 is 25.1 Å². The molecule has 4 N–H and O–H groups in total. The summed E-state index contributed by atoms with van der Waals surface area (Å²) in [5.41, 5.74) is 5.63. The van der Waals surface area contributed by atoms with Gasteiger partial charge >= 0.3 is 0 Å². The van der Waals surface area contributed by atoms with Crippen molar-refractivity contribution < 1.29 is 19.3 Å². The second-order valence-corrected chi connectivity index (χ2v) is 6.09. The minimum atomic E-state index is -0.787.